The summed E-state index contributed by atoms with van der Waals surface area (Å²) in [5.74, 6) is 0. The van der Waals surface area contributed by atoms with Crippen molar-refractivity contribution in [3.05, 3.63) is 0 Å². The second-order valence-electron chi connectivity index (χ2n) is 4.78. The Balaban J connectivity index is 1.87. The molecule has 14 heavy (non-hydrogen) atoms. The minimum atomic E-state index is -0.0638. The first-order chi connectivity index (χ1) is 6.77. The highest BCUT2D eigenvalue weighted by molar-refractivity contribution is 4.88. The molecule has 2 fully saturated rings. The normalized spacial score (nSPS) is 37.3. The molecular formula is C11H22N2O. The highest BCUT2D eigenvalue weighted by Gasteiger charge is 2.29. The van der Waals surface area contributed by atoms with E-state index >= 15 is 0 Å². The van der Waals surface area contributed by atoms with Gasteiger partial charge in [0, 0.05) is 25.2 Å². The Morgan fingerprint density at radius 2 is 1.64 bits per heavy atom. The number of rotatable bonds is 1. The summed E-state index contributed by atoms with van der Waals surface area (Å²) in [5.41, 5.74) is 6.14. The Morgan fingerprint density at radius 1 is 1.00 bits per heavy atom. The fourth-order valence-electron chi connectivity index (χ4n) is 2.81. The quantitative estimate of drug-likeness (QED) is 0.652. The van der Waals surface area contributed by atoms with E-state index in [0.717, 1.165) is 25.9 Å². The lowest BCUT2D eigenvalue weighted by atomic mass is 9.88. The van der Waals surface area contributed by atoms with E-state index in [0.29, 0.717) is 12.1 Å². The molecule has 2 aliphatic rings. The van der Waals surface area contributed by atoms with Gasteiger partial charge in [-0.25, -0.2) is 0 Å². The summed E-state index contributed by atoms with van der Waals surface area (Å²) in [6, 6.07) is 0.968. The van der Waals surface area contributed by atoms with E-state index in [2.05, 4.69) is 4.90 Å². The summed E-state index contributed by atoms with van der Waals surface area (Å²) in [4.78, 5) is 2.50. The van der Waals surface area contributed by atoms with E-state index in [4.69, 9.17) is 5.73 Å². The molecule has 0 aromatic rings. The molecule has 0 bridgehead atoms. The number of aliphatic hydroxyl groups is 1. The van der Waals surface area contributed by atoms with Crippen molar-refractivity contribution in [1.82, 2.24) is 4.90 Å². The Kier molecular flexibility index (Phi) is 3.42. The molecule has 1 saturated heterocycles. The Labute approximate surface area is 86.3 Å². The van der Waals surface area contributed by atoms with Gasteiger partial charge in [0.15, 0.2) is 0 Å². The number of likely N-dealkylation sites (tertiary alicyclic amines) is 1. The van der Waals surface area contributed by atoms with Gasteiger partial charge in [-0.15, -0.1) is 0 Å². The zero-order valence-corrected chi connectivity index (χ0v) is 8.86. The van der Waals surface area contributed by atoms with Crippen LogP contribution in [-0.4, -0.2) is 41.3 Å². The third-order valence-electron chi connectivity index (χ3n) is 3.75. The molecule has 1 aliphatic carbocycles. The Hall–Kier alpha value is -0.120. The maximum Gasteiger partial charge on any atom is 0.0564 e. The van der Waals surface area contributed by atoms with Gasteiger partial charge in [-0.05, 0) is 25.7 Å². The van der Waals surface area contributed by atoms with Crippen LogP contribution in [0.1, 0.15) is 38.5 Å². The standard InChI is InChI=1S/C11H22N2O/c12-10-3-1-2-4-11(10)13-7-5-9(14)6-8-13/h9-11,14H,1-8,12H2. The SMILES string of the molecule is NC1CCCCC1N1CCC(O)CC1. The first kappa shape index (κ1) is 10.4. The first-order valence-corrected chi connectivity index (χ1v) is 5.95. The molecular weight excluding hydrogens is 176 g/mol. The highest BCUT2D eigenvalue weighted by atomic mass is 16.3. The van der Waals surface area contributed by atoms with Gasteiger partial charge in [-0.2, -0.15) is 0 Å². The van der Waals surface area contributed by atoms with Gasteiger partial charge in [0.1, 0.15) is 0 Å². The van der Waals surface area contributed by atoms with Gasteiger partial charge in [-0.3, -0.25) is 4.90 Å². The van der Waals surface area contributed by atoms with Gasteiger partial charge in [0.25, 0.3) is 0 Å². The minimum Gasteiger partial charge on any atom is -0.393 e. The lowest BCUT2D eigenvalue weighted by Gasteiger charge is -2.41. The summed E-state index contributed by atoms with van der Waals surface area (Å²) < 4.78 is 0. The molecule has 1 aliphatic heterocycles. The molecule has 0 spiro atoms. The molecule has 0 radical (unpaired) electrons. The van der Waals surface area contributed by atoms with Crippen molar-refractivity contribution < 1.29 is 5.11 Å². The number of nitrogens with two attached hydrogens (primary N) is 1. The lowest BCUT2D eigenvalue weighted by Crippen LogP contribution is -2.52. The summed E-state index contributed by atoms with van der Waals surface area (Å²) in [7, 11) is 0. The monoisotopic (exact) mass is 198 g/mol. The van der Waals surface area contributed by atoms with Gasteiger partial charge in [-0.1, -0.05) is 12.8 Å². The molecule has 2 rings (SSSR count). The van der Waals surface area contributed by atoms with Crippen LogP contribution in [0.15, 0.2) is 0 Å². The molecule has 3 heteroatoms. The largest absolute Gasteiger partial charge is 0.393 e. The summed E-state index contributed by atoms with van der Waals surface area (Å²) in [6.07, 6.45) is 6.88. The van der Waals surface area contributed by atoms with Crippen LogP contribution in [0.2, 0.25) is 0 Å². The number of hydrogen-bond donors (Lipinski definition) is 2. The fourth-order valence-corrected chi connectivity index (χ4v) is 2.81. The minimum absolute atomic E-state index is 0.0638. The third-order valence-corrected chi connectivity index (χ3v) is 3.75. The number of nitrogens with zero attached hydrogens (tertiary/aromatic N) is 1. The molecule has 2 unspecified atom stereocenters. The van der Waals surface area contributed by atoms with Crippen molar-refractivity contribution in [3.8, 4) is 0 Å². The smallest absolute Gasteiger partial charge is 0.0564 e. The van der Waals surface area contributed by atoms with Crippen molar-refractivity contribution in [1.29, 1.82) is 0 Å². The average Bonchev–Trinajstić information content (AvgIpc) is 2.20. The van der Waals surface area contributed by atoms with E-state index in [1.54, 1.807) is 0 Å². The molecule has 82 valence electrons. The zero-order chi connectivity index (χ0) is 9.97. The summed E-state index contributed by atoms with van der Waals surface area (Å²) in [6.45, 7) is 2.08. The van der Waals surface area contributed by atoms with Crippen LogP contribution in [-0.2, 0) is 0 Å². The Morgan fingerprint density at radius 3 is 2.29 bits per heavy atom. The highest BCUT2D eigenvalue weighted by Crippen LogP contribution is 2.24. The van der Waals surface area contributed by atoms with E-state index < -0.39 is 0 Å². The van der Waals surface area contributed by atoms with Crippen LogP contribution >= 0.6 is 0 Å². The lowest BCUT2D eigenvalue weighted by molar-refractivity contribution is 0.0442. The summed E-state index contributed by atoms with van der Waals surface area (Å²) in [5, 5.41) is 9.43. The van der Waals surface area contributed by atoms with Crippen molar-refractivity contribution in [2.24, 2.45) is 5.73 Å². The van der Waals surface area contributed by atoms with Crippen LogP contribution in [0.4, 0.5) is 0 Å². The molecule has 1 heterocycles. The van der Waals surface area contributed by atoms with Crippen molar-refractivity contribution in [3.63, 3.8) is 0 Å². The van der Waals surface area contributed by atoms with Crippen LogP contribution in [0.25, 0.3) is 0 Å². The number of aliphatic hydroxyl groups excluding tert-OH is 1. The zero-order valence-electron chi connectivity index (χ0n) is 8.86. The molecule has 1 saturated carbocycles. The van der Waals surface area contributed by atoms with E-state index in [-0.39, 0.29) is 6.10 Å². The van der Waals surface area contributed by atoms with Crippen LogP contribution in [0.3, 0.4) is 0 Å². The van der Waals surface area contributed by atoms with Crippen molar-refractivity contribution in [2.75, 3.05) is 13.1 Å². The Bertz CT molecular complexity index is 178. The van der Waals surface area contributed by atoms with Crippen LogP contribution < -0.4 is 5.73 Å². The average molecular weight is 198 g/mol. The van der Waals surface area contributed by atoms with E-state index in [9.17, 15) is 5.11 Å². The first-order valence-electron chi connectivity index (χ1n) is 5.95. The third kappa shape index (κ3) is 2.27. The second-order valence-corrected chi connectivity index (χ2v) is 4.78. The molecule has 0 amide bonds. The number of piperidine rings is 1. The molecule has 0 aromatic heterocycles. The van der Waals surface area contributed by atoms with Crippen LogP contribution in [0, 0.1) is 0 Å². The topological polar surface area (TPSA) is 49.5 Å². The fraction of sp³-hybridized carbons (Fsp3) is 1.00. The van der Waals surface area contributed by atoms with Gasteiger partial charge in [0.05, 0.1) is 6.10 Å². The molecule has 0 aromatic carbocycles. The van der Waals surface area contributed by atoms with Gasteiger partial charge in [0.2, 0.25) is 0 Å². The number of hydrogen-bond acceptors (Lipinski definition) is 3. The summed E-state index contributed by atoms with van der Waals surface area (Å²) >= 11 is 0. The van der Waals surface area contributed by atoms with E-state index in [1.165, 1.54) is 25.7 Å². The molecule has 3 nitrogen and oxygen atoms in total. The van der Waals surface area contributed by atoms with Gasteiger partial charge < -0.3 is 10.8 Å². The molecule has 3 N–H and O–H groups in total. The molecule has 2 atom stereocenters. The van der Waals surface area contributed by atoms with Crippen molar-refractivity contribution >= 4 is 0 Å². The van der Waals surface area contributed by atoms with Crippen LogP contribution in [0.5, 0.6) is 0 Å². The van der Waals surface area contributed by atoms with E-state index in [1.807, 2.05) is 0 Å². The predicted octanol–water partition coefficient (Wildman–Crippen LogP) is 0.713. The predicted molar refractivity (Wildman–Crippen MR) is 57.0 cm³/mol. The maximum atomic E-state index is 9.43. The second kappa shape index (κ2) is 4.60. The van der Waals surface area contributed by atoms with Crippen molar-refractivity contribution in [2.45, 2.75) is 56.7 Å². The maximum absolute atomic E-state index is 9.43. The van der Waals surface area contributed by atoms with Gasteiger partial charge >= 0.3 is 0 Å².